The first-order valence-corrected chi connectivity index (χ1v) is 8.39. The molecule has 0 saturated carbocycles. The van der Waals surface area contributed by atoms with Crippen LogP contribution in [-0.4, -0.2) is 44.4 Å². The van der Waals surface area contributed by atoms with Crippen molar-refractivity contribution in [1.29, 1.82) is 0 Å². The fourth-order valence-corrected chi connectivity index (χ4v) is 3.12. The number of quaternary nitrogens is 1. The number of nitrogens with zero attached hydrogens (tertiary/aromatic N) is 1. The number of likely N-dealkylation sites (tertiary alicyclic amines) is 1. The van der Waals surface area contributed by atoms with Gasteiger partial charge in [0, 0.05) is 24.1 Å². The molecule has 2 rings (SSSR count). The number of ether oxygens (including phenoxy) is 1. The first kappa shape index (κ1) is 19.4. The molecule has 0 aromatic heterocycles. The first-order chi connectivity index (χ1) is 11.8. The van der Waals surface area contributed by atoms with Gasteiger partial charge in [0.05, 0.1) is 33.2 Å². The molecule has 0 radical (unpaired) electrons. The van der Waals surface area contributed by atoms with Crippen molar-refractivity contribution in [1.82, 2.24) is 0 Å². The minimum Gasteiger partial charge on any atom is -0.497 e. The summed E-state index contributed by atoms with van der Waals surface area (Å²) in [5, 5.41) is 0. The lowest BCUT2D eigenvalue weighted by molar-refractivity contribution is -0.918. The predicted octanol–water partition coefficient (Wildman–Crippen LogP) is 2.40. The second kappa shape index (κ2) is 8.47. The number of Topliss-reactive ketones (excluding diaryl/α,β-unsaturated/α-hetero) is 1. The molecular formula is C18H24F3N2O2+. The van der Waals surface area contributed by atoms with Gasteiger partial charge in [0.25, 0.3) is 0 Å². The van der Waals surface area contributed by atoms with Gasteiger partial charge >= 0.3 is 6.18 Å². The molecule has 25 heavy (non-hydrogen) atoms. The summed E-state index contributed by atoms with van der Waals surface area (Å²) in [7, 11) is 1.60. The van der Waals surface area contributed by atoms with E-state index in [0.29, 0.717) is 6.54 Å². The molecule has 1 N–H and O–H groups in total. The monoisotopic (exact) mass is 357 g/mol. The number of hydrogen-bond donors (Lipinski definition) is 1. The molecule has 0 spiro atoms. The highest BCUT2D eigenvalue weighted by atomic mass is 19.4. The SMILES string of the molecule is COc1ccc([C@@H](CN=C(C)CC(=O)C(F)(F)F)[NH+]2CCCC2)cc1. The van der Waals surface area contributed by atoms with Gasteiger partial charge in [-0.2, -0.15) is 13.2 Å². The molecule has 4 nitrogen and oxygen atoms in total. The maximum Gasteiger partial charge on any atom is 0.450 e. The maximum absolute atomic E-state index is 12.4. The van der Waals surface area contributed by atoms with Gasteiger partial charge in [-0.3, -0.25) is 9.79 Å². The molecule has 1 atom stereocenters. The average molecular weight is 357 g/mol. The van der Waals surface area contributed by atoms with Crippen LogP contribution in [-0.2, 0) is 4.79 Å². The fraction of sp³-hybridized carbons (Fsp3) is 0.556. The number of methoxy groups -OCH3 is 1. The number of carbonyl (C=O) groups is 1. The molecule has 138 valence electrons. The molecule has 1 aromatic rings. The second-order valence-corrected chi connectivity index (χ2v) is 6.36. The molecule has 1 aromatic carbocycles. The van der Waals surface area contributed by atoms with E-state index in [0.717, 1.165) is 37.2 Å². The lowest BCUT2D eigenvalue weighted by atomic mass is 10.1. The molecule has 1 aliphatic heterocycles. The molecule has 1 fully saturated rings. The normalized spacial score (nSPS) is 17.6. The van der Waals surface area contributed by atoms with Crippen LogP contribution in [0, 0.1) is 0 Å². The number of hydrogen-bond acceptors (Lipinski definition) is 3. The molecule has 7 heteroatoms. The number of alkyl halides is 3. The van der Waals surface area contributed by atoms with Crippen molar-refractivity contribution in [3.05, 3.63) is 29.8 Å². The highest BCUT2D eigenvalue weighted by Gasteiger charge is 2.38. The van der Waals surface area contributed by atoms with Gasteiger partial charge < -0.3 is 9.64 Å². The highest BCUT2D eigenvalue weighted by Crippen LogP contribution is 2.19. The number of ketones is 1. The smallest absolute Gasteiger partial charge is 0.450 e. The summed E-state index contributed by atoms with van der Waals surface area (Å²) in [4.78, 5) is 16.8. The van der Waals surface area contributed by atoms with Crippen LogP contribution in [0.25, 0.3) is 0 Å². The number of rotatable bonds is 7. The number of benzene rings is 1. The van der Waals surface area contributed by atoms with E-state index in [1.807, 2.05) is 24.3 Å². The van der Waals surface area contributed by atoms with Gasteiger partial charge in [-0.05, 0) is 31.2 Å². The number of aliphatic imine (C=N–C) groups is 1. The minimum atomic E-state index is -4.80. The van der Waals surface area contributed by atoms with Crippen molar-refractivity contribution in [2.24, 2.45) is 4.99 Å². The number of nitrogens with one attached hydrogen (secondary N) is 1. The van der Waals surface area contributed by atoms with Crippen molar-refractivity contribution < 1.29 is 27.6 Å². The van der Waals surface area contributed by atoms with Crippen LogP contribution < -0.4 is 9.64 Å². The Kier molecular flexibility index (Phi) is 6.58. The minimum absolute atomic E-state index is 0.0735. The van der Waals surface area contributed by atoms with Crippen molar-refractivity contribution in [3.8, 4) is 5.75 Å². The Bertz CT molecular complexity index is 606. The zero-order valence-corrected chi connectivity index (χ0v) is 14.5. The van der Waals surface area contributed by atoms with Crippen LogP contribution in [0.15, 0.2) is 29.3 Å². The van der Waals surface area contributed by atoms with Gasteiger partial charge in [0.2, 0.25) is 5.78 Å². The molecule has 1 saturated heterocycles. The summed E-state index contributed by atoms with van der Waals surface area (Å²) < 4.78 is 42.3. The first-order valence-electron chi connectivity index (χ1n) is 8.39. The molecule has 0 unspecified atom stereocenters. The Morgan fingerprint density at radius 3 is 2.36 bits per heavy atom. The van der Waals surface area contributed by atoms with Gasteiger partial charge in [0.1, 0.15) is 11.8 Å². The largest absolute Gasteiger partial charge is 0.497 e. The number of carbonyl (C=O) groups excluding carboxylic acids is 1. The molecule has 0 bridgehead atoms. The van der Waals surface area contributed by atoms with E-state index in [2.05, 4.69) is 4.99 Å². The Labute approximate surface area is 145 Å². The predicted molar refractivity (Wildman–Crippen MR) is 89.3 cm³/mol. The summed E-state index contributed by atoms with van der Waals surface area (Å²) >= 11 is 0. The van der Waals surface area contributed by atoms with E-state index >= 15 is 0 Å². The third-order valence-electron chi connectivity index (χ3n) is 4.53. The Morgan fingerprint density at radius 1 is 1.24 bits per heavy atom. The van der Waals surface area contributed by atoms with Crippen LogP contribution in [0.5, 0.6) is 5.75 Å². The van der Waals surface area contributed by atoms with E-state index < -0.39 is 18.4 Å². The summed E-state index contributed by atoms with van der Waals surface area (Å²) in [6, 6.07) is 7.77. The van der Waals surface area contributed by atoms with Crippen molar-refractivity contribution in [2.45, 2.75) is 38.4 Å². The number of halogens is 3. The third kappa shape index (κ3) is 5.56. The lowest BCUT2D eigenvalue weighted by Gasteiger charge is -2.24. The second-order valence-electron chi connectivity index (χ2n) is 6.36. The Morgan fingerprint density at radius 2 is 1.84 bits per heavy atom. The standard InChI is InChI=1S/C18H23F3N2O2/c1-13(11-17(24)18(19,20)21)22-12-16(23-9-3-4-10-23)14-5-7-15(25-2)8-6-14/h5-8,16H,3-4,9-12H2,1-2H3/p+1/t16-/m1/s1. The van der Waals surface area contributed by atoms with Crippen molar-refractivity contribution in [2.75, 3.05) is 26.7 Å². The molecule has 1 heterocycles. The molecule has 0 amide bonds. The van der Waals surface area contributed by atoms with Gasteiger partial charge in [-0.1, -0.05) is 0 Å². The summed E-state index contributed by atoms with van der Waals surface area (Å²) in [5.41, 5.74) is 1.30. The quantitative estimate of drug-likeness (QED) is 0.762. The summed E-state index contributed by atoms with van der Waals surface area (Å²) in [5.74, 6) is -0.988. The van der Waals surface area contributed by atoms with Crippen LogP contribution >= 0.6 is 0 Å². The van der Waals surface area contributed by atoms with E-state index in [4.69, 9.17) is 4.74 Å². The zero-order valence-electron chi connectivity index (χ0n) is 14.5. The van der Waals surface area contributed by atoms with Gasteiger partial charge in [0.15, 0.2) is 0 Å². The maximum atomic E-state index is 12.4. The third-order valence-corrected chi connectivity index (χ3v) is 4.53. The summed E-state index contributed by atoms with van der Waals surface area (Å²) in [6.07, 6.45) is -3.20. The summed E-state index contributed by atoms with van der Waals surface area (Å²) in [6.45, 7) is 3.89. The van der Waals surface area contributed by atoms with Crippen LogP contribution in [0.3, 0.4) is 0 Å². The van der Waals surface area contributed by atoms with Crippen LogP contribution in [0.1, 0.15) is 37.8 Å². The lowest BCUT2D eigenvalue weighted by Crippen LogP contribution is -3.10. The highest BCUT2D eigenvalue weighted by molar-refractivity contribution is 6.03. The van der Waals surface area contributed by atoms with Crippen molar-refractivity contribution >= 4 is 11.5 Å². The van der Waals surface area contributed by atoms with Gasteiger partial charge in [-0.15, -0.1) is 0 Å². The zero-order chi connectivity index (χ0) is 18.4. The average Bonchev–Trinajstić information content (AvgIpc) is 3.09. The van der Waals surface area contributed by atoms with E-state index in [-0.39, 0.29) is 11.8 Å². The topological polar surface area (TPSA) is 43.1 Å². The molecule has 0 aliphatic carbocycles. The van der Waals surface area contributed by atoms with Crippen LogP contribution in [0.4, 0.5) is 13.2 Å². The van der Waals surface area contributed by atoms with Crippen molar-refractivity contribution in [3.63, 3.8) is 0 Å². The van der Waals surface area contributed by atoms with E-state index in [9.17, 15) is 18.0 Å². The van der Waals surface area contributed by atoms with Crippen LogP contribution in [0.2, 0.25) is 0 Å². The van der Waals surface area contributed by atoms with E-state index in [1.54, 1.807) is 7.11 Å². The molecule has 1 aliphatic rings. The Hall–Kier alpha value is -1.89. The Balaban J connectivity index is 2.10. The van der Waals surface area contributed by atoms with Gasteiger partial charge in [-0.25, -0.2) is 0 Å². The van der Waals surface area contributed by atoms with E-state index in [1.165, 1.54) is 11.8 Å². The fourth-order valence-electron chi connectivity index (χ4n) is 3.12. The molecular weight excluding hydrogens is 333 g/mol.